The van der Waals surface area contributed by atoms with Crippen LogP contribution in [-0.4, -0.2) is 33.9 Å². The molecule has 6 heteroatoms. The smallest absolute Gasteiger partial charge is 0.222 e. The van der Waals surface area contributed by atoms with E-state index in [-0.39, 0.29) is 5.91 Å². The van der Waals surface area contributed by atoms with Crippen LogP contribution in [0.4, 0.5) is 0 Å². The number of aryl methyl sites for hydroxylation is 1. The van der Waals surface area contributed by atoms with Crippen LogP contribution in [-0.2, 0) is 11.2 Å². The lowest BCUT2D eigenvalue weighted by atomic mass is 9.94. The molecule has 2 aromatic rings. The minimum absolute atomic E-state index is 0.252. The number of hydrogen-bond donors (Lipinski definition) is 1. The van der Waals surface area contributed by atoms with E-state index in [0.717, 1.165) is 36.7 Å². The SMILES string of the molecule is O=C(CCc1ccc(Cl)s1)N1CCC(c2cnc[nH]2)CC1. The number of H-pyrrole nitrogens is 1. The maximum atomic E-state index is 12.2. The van der Waals surface area contributed by atoms with Gasteiger partial charge in [0, 0.05) is 42.2 Å². The second-order valence-corrected chi connectivity index (χ2v) is 7.17. The van der Waals surface area contributed by atoms with Crippen molar-refractivity contribution in [3.05, 3.63) is 39.6 Å². The van der Waals surface area contributed by atoms with Crippen LogP contribution in [0.25, 0.3) is 0 Å². The second-order valence-electron chi connectivity index (χ2n) is 5.37. The van der Waals surface area contributed by atoms with Crippen molar-refractivity contribution in [1.82, 2.24) is 14.9 Å². The third-order valence-corrected chi connectivity index (χ3v) is 5.31. The number of nitrogens with one attached hydrogen (secondary N) is 1. The first-order chi connectivity index (χ1) is 10.2. The zero-order chi connectivity index (χ0) is 14.7. The second kappa shape index (κ2) is 6.62. The monoisotopic (exact) mass is 323 g/mol. The van der Waals surface area contributed by atoms with E-state index in [2.05, 4.69) is 9.97 Å². The summed E-state index contributed by atoms with van der Waals surface area (Å²) in [5.41, 5.74) is 1.19. The van der Waals surface area contributed by atoms with Crippen LogP contribution >= 0.6 is 22.9 Å². The summed E-state index contributed by atoms with van der Waals surface area (Å²) >= 11 is 7.46. The summed E-state index contributed by atoms with van der Waals surface area (Å²) in [7, 11) is 0. The van der Waals surface area contributed by atoms with Gasteiger partial charge in [-0.05, 0) is 31.4 Å². The molecule has 21 heavy (non-hydrogen) atoms. The molecule has 1 fully saturated rings. The molecule has 3 heterocycles. The number of halogens is 1. The van der Waals surface area contributed by atoms with Crippen LogP contribution in [0.3, 0.4) is 0 Å². The summed E-state index contributed by atoms with van der Waals surface area (Å²) in [5, 5.41) is 0. The lowest BCUT2D eigenvalue weighted by Gasteiger charge is -2.31. The zero-order valence-corrected chi connectivity index (χ0v) is 13.3. The molecule has 1 saturated heterocycles. The maximum Gasteiger partial charge on any atom is 0.222 e. The van der Waals surface area contributed by atoms with Gasteiger partial charge in [-0.2, -0.15) is 0 Å². The molecule has 1 amide bonds. The van der Waals surface area contributed by atoms with E-state index >= 15 is 0 Å². The van der Waals surface area contributed by atoms with Crippen LogP contribution in [0.1, 0.15) is 35.8 Å². The first kappa shape index (κ1) is 14.6. The molecule has 1 aliphatic rings. The molecule has 112 valence electrons. The fourth-order valence-electron chi connectivity index (χ4n) is 2.80. The summed E-state index contributed by atoms with van der Waals surface area (Å²) in [5.74, 6) is 0.759. The summed E-state index contributed by atoms with van der Waals surface area (Å²) in [6, 6.07) is 3.90. The number of aromatic amines is 1. The van der Waals surface area contributed by atoms with Crippen LogP contribution in [0.5, 0.6) is 0 Å². The van der Waals surface area contributed by atoms with E-state index in [4.69, 9.17) is 11.6 Å². The highest BCUT2D eigenvalue weighted by molar-refractivity contribution is 7.16. The quantitative estimate of drug-likeness (QED) is 0.936. The molecule has 0 radical (unpaired) electrons. The molecule has 0 spiro atoms. The van der Waals surface area contributed by atoms with E-state index in [1.165, 1.54) is 10.6 Å². The van der Waals surface area contributed by atoms with Crippen LogP contribution < -0.4 is 0 Å². The van der Waals surface area contributed by atoms with E-state index in [0.29, 0.717) is 12.3 Å². The molecular weight excluding hydrogens is 306 g/mol. The summed E-state index contributed by atoms with van der Waals surface area (Å²) in [6.45, 7) is 1.68. The van der Waals surface area contributed by atoms with Gasteiger partial charge in [0.05, 0.1) is 10.7 Å². The molecule has 0 aliphatic carbocycles. The van der Waals surface area contributed by atoms with Crippen molar-refractivity contribution < 1.29 is 4.79 Å². The zero-order valence-electron chi connectivity index (χ0n) is 11.7. The highest BCUT2D eigenvalue weighted by atomic mass is 35.5. The predicted octanol–water partition coefficient (Wildman–Crippen LogP) is 3.46. The number of hydrogen-bond acceptors (Lipinski definition) is 3. The Bertz CT molecular complexity index is 588. The minimum atomic E-state index is 0.252. The van der Waals surface area contributed by atoms with Gasteiger partial charge in [0.1, 0.15) is 0 Å². The van der Waals surface area contributed by atoms with Crippen molar-refractivity contribution in [2.75, 3.05) is 13.1 Å². The van der Waals surface area contributed by atoms with Gasteiger partial charge >= 0.3 is 0 Å². The van der Waals surface area contributed by atoms with E-state index < -0.39 is 0 Å². The lowest BCUT2D eigenvalue weighted by Crippen LogP contribution is -2.38. The Morgan fingerprint density at radius 2 is 2.24 bits per heavy atom. The van der Waals surface area contributed by atoms with Gasteiger partial charge in [-0.1, -0.05) is 11.6 Å². The number of piperidine rings is 1. The number of aromatic nitrogens is 2. The molecule has 0 atom stereocenters. The van der Waals surface area contributed by atoms with E-state index in [1.54, 1.807) is 17.7 Å². The number of thiophene rings is 1. The molecule has 0 unspecified atom stereocenters. The number of rotatable bonds is 4. The lowest BCUT2D eigenvalue weighted by molar-refractivity contribution is -0.132. The predicted molar refractivity (Wildman–Crippen MR) is 84.8 cm³/mol. The van der Waals surface area contributed by atoms with Crippen LogP contribution in [0, 0.1) is 0 Å². The molecule has 1 N–H and O–H groups in total. The van der Waals surface area contributed by atoms with E-state index in [1.807, 2.05) is 23.2 Å². The first-order valence-electron chi connectivity index (χ1n) is 7.22. The van der Waals surface area contributed by atoms with Gasteiger partial charge in [-0.15, -0.1) is 11.3 Å². The molecule has 3 rings (SSSR count). The van der Waals surface area contributed by atoms with Crippen molar-refractivity contribution in [3.8, 4) is 0 Å². The Morgan fingerprint density at radius 1 is 1.43 bits per heavy atom. The average molecular weight is 324 g/mol. The number of carbonyl (C=O) groups excluding carboxylic acids is 1. The Balaban J connectivity index is 1.46. The fraction of sp³-hybridized carbons (Fsp3) is 0.467. The number of nitrogens with zero attached hydrogens (tertiary/aromatic N) is 2. The Hall–Kier alpha value is -1.33. The number of likely N-dealkylation sites (tertiary alicyclic amines) is 1. The normalized spacial score (nSPS) is 16.3. The van der Waals surface area contributed by atoms with Crippen LogP contribution in [0.15, 0.2) is 24.7 Å². The fourth-order valence-corrected chi connectivity index (χ4v) is 3.89. The van der Waals surface area contributed by atoms with Crippen molar-refractivity contribution in [1.29, 1.82) is 0 Å². The van der Waals surface area contributed by atoms with Gasteiger partial charge < -0.3 is 9.88 Å². The molecule has 0 bridgehead atoms. The Labute approximate surface area is 133 Å². The van der Waals surface area contributed by atoms with Gasteiger partial charge in [-0.3, -0.25) is 4.79 Å². The third-order valence-electron chi connectivity index (χ3n) is 4.02. The van der Waals surface area contributed by atoms with Crippen molar-refractivity contribution in [3.63, 3.8) is 0 Å². The van der Waals surface area contributed by atoms with Gasteiger partial charge in [0.25, 0.3) is 0 Å². The van der Waals surface area contributed by atoms with E-state index in [9.17, 15) is 4.79 Å². The van der Waals surface area contributed by atoms with Gasteiger partial charge in [-0.25, -0.2) is 4.98 Å². The molecule has 2 aromatic heterocycles. The van der Waals surface area contributed by atoms with Gasteiger partial charge in [0.15, 0.2) is 0 Å². The highest BCUT2D eigenvalue weighted by Crippen LogP contribution is 2.27. The third kappa shape index (κ3) is 3.66. The number of carbonyl (C=O) groups is 1. The summed E-state index contributed by atoms with van der Waals surface area (Å²) in [6.07, 6.45) is 7.00. The van der Waals surface area contributed by atoms with Crippen molar-refractivity contribution in [2.24, 2.45) is 0 Å². The first-order valence-corrected chi connectivity index (χ1v) is 8.42. The van der Waals surface area contributed by atoms with Gasteiger partial charge in [0.2, 0.25) is 5.91 Å². The maximum absolute atomic E-state index is 12.2. The average Bonchev–Trinajstić information content (AvgIpc) is 3.16. The van der Waals surface area contributed by atoms with Crippen molar-refractivity contribution >= 4 is 28.8 Å². The Morgan fingerprint density at radius 3 is 2.86 bits per heavy atom. The topological polar surface area (TPSA) is 49.0 Å². The molecule has 0 saturated carbocycles. The summed E-state index contributed by atoms with van der Waals surface area (Å²) in [4.78, 5) is 22.7. The van der Waals surface area contributed by atoms with Crippen LogP contribution in [0.2, 0.25) is 4.34 Å². The summed E-state index contributed by atoms with van der Waals surface area (Å²) < 4.78 is 0.790. The van der Waals surface area contributed by atoms with Crippen molar-refractivity contribution in [2.45, 2.75) is 31.6 Å². The number of imidazole rings is 1. The number of amides is 1. The Kier molecular flexibility index (Phi) is 4.60. The minimum Gasteiger partial charge on any atom is -0.348 e. The largest absolute Gasteiger partial charge is 0.348 e. The molecular formula is C15H18ClN3OS. The molecule has 4 nitrogen and oxygen atoms in total. The molecule has 0 aromatic carbocycles. The standard InChI is InChI=1S/C15H18ClN3OS/c16-14-3-1-12(21-14)2-4-15(20)19-7-5-11(6-8-19)13-9-17-10-18-13/h1,3,9-11H,2,4-8H2,(H,17,18). The molecule has 1 aliphatic heterocycles. The highest BCUT2D eigenvalue weighted by Gasteiger charge is 2.24.